The van der Waals surface area contributed by atoms with Crippen LogP contribution in [0.2, 0.25) is 5.15 Å². The molecule has 3 aromatic heterocycles. The highest BCUT2D eigenvalue weighted by Gasteiger charge is 2.23. The van der Waals surface area contributed by atoms with E-state index in [1.54, 1.807) is 12.1 Å². The maximum atomic E-state index is 12.8. The Hall–Kier alpha value is -2.82. The highest BCUT2D eigenvalue weighted by atomic mass is 35.5. The molecule has 0 radical (unpaired) electrons. The summed E-state index contributed by atoms with van der Waals surface area (Å²) in [5.41, 5.74) is 2.53. The fourth-order valence-corrected chi connectivity index (χ4v) is 3.89. The number of halogens is 1. The molecule has 0 bridgehead atoms. The lowest BCUT2D eigenvalue weighted by molar-refractivity contribution is 0.0367. The summed E-state index contributed by atoms with van der Waals surface area (Å²) in [5.74, 6) is 0.105. The minimum Gasteiger partial charge on any atom is -0.494 e. The quantitative estimate of drug-likeness (QED) is 0.507. The lowest BCUT2D eigenvalue weighted by atomic mass is 10.0. The Labute approximate surface area is 201 Å². The summed E-state index contributed by atoms with van der Waals surface area (Å²) in [4.78, 5) is 21.0. The molecule has 0 aromatic carbocycles. The number of nitrogens with one attached hydrogen (secondary N) is 1. The zero-order valence-electron chi connectivity index (χ0n) is 19.1. The fourth-order valence-electron chi connectivity index (χ4n) is 3.18. The zero-order chi connectivity index (χ0) is 24.0. The van der Waals surface area contributed by atoms with Crippen molar-refractivity contribution in [3.8, 4) is 22.1 Å². The summed E-state index contributed by atoms with van der Waals surface area (Å²) in [6.45, 7) is 7.07. The predicted octanol–water partition coefficient (Wildman–Crippen LogP) is 4.80. The molecular weight excluding hydrogens is 466 g/mol. The molecule has 176 valence electrons. The number of aromatic nitrogens is 4. The van der Waals surface area contributed by atoms with Gasteiger partial charge >= 0.3 is 0 Å². The Morgan fingerprint density at radius 1 is 1.15 bits per heavy atom. The lowest BCUT2D eigenvalue weighted by Crippen LogP contribution is -2.15. The Kier molecular flexibility index (Phi) is 8.17. The molecular formula is C22H26ClN5O4S. The normalized spacial score (nSPS) is 14.2. The summed E-state index contributed by atoms with van der Waals surface area (Å²) in [5, 5.41) is 11.3. The highest BCUT2D eigenvalue weighted by molar-refractivity contribution is 7.17. The van der Waals surface area contributed by atoms with Gasteiger partial charge in [-0.2, -0.15) is 0 Å². The molecule has 1 aliphatic heterocycles. The van der Waals surface area contributed by atoms with Gasteiger partial charge in [0.2, 0.25) is 5.13 Å². The van der Waals surface area contributed by atoms with Crippen molar-refractivity contribution < 1.29 is 19.0 Å². The standard InChI is InChI=1S/C16H14ClN5O3S.C6H12O/c1-8-4-9(10-5-13(17)19-7-12(10)24-2)11(6-18-8)14(23)20-15-21-22-16(25-3)26-15;1-6(2)4-3-5-7-6/h4-7H,1-3H3,(H,20,21,23);3-5H2,1-2H3. The van der Waals surface area contributed by atoms with Gasteiger partial charge in [-0.25, -0.2) is 4.98 Å². The molecule has 11 heteroatoms. The molecule has 9 nitrogen and oxygen atoms in total. The van der Waals surface area contributed by atoms with E-state index in [2.05, 4.69) is 39.3 Å². The first-order chi connectivity index (χ1) is 15.7. The van der Waals surface area contributed by atoms with Gasteiger partial charge < -0.3 is 14.2 Å². The van der Waals surface area contributed by atoms with Gasteiger partial charge in [0.25, 0.3) is 11.1 Å². The number of nitrogens with zero attached hydrogens (tertiary/aromatic N) is 4. The van der Waals surface area contributed by atoms with Crippen LogP contribution in [0.4, 0.5) is 5.13 Å². The van der Waals surface area contributed by atoms with Crippen LogP contribution in [0.3, 0.4) is 0 Å². The van der Waals surface area contributed by atoms with Gasteiger partial charge in [0.05, 0.1) is 31.6 Å². The van der Waals surface area contributed by atoms with Crippen LogP contribution >= 0.6 is 22.9 Å². The van der Waals surface area contributed by atoms with Crippen molar-refractivity contribution in [1.29, 1.82) is 0 Å². The van der Waals surface area contributed by atoms with Gasteiger partial charge in [0, 0.05) is 29.6 Å². The van der Waals surface area contributed by atoms with Crippen molar-refractivity contribution in [3.63, 3.8) is 0 Å². The summed E-state index contributed by atoms with van der Waals surface area (Å²) in [6.07, 6.45) is 5.47. The Morgan fingerprint density at radius 3 is 2.52 bits per heavy atom. The van der Waals surface area contributed by atoms with E-state index in [0.29, 0.717) is 32.8 Å². The SMILES string of the molecule is CC1(C)CCCO1.COc1nnc(NC(=O)c2cnc(C)cc2-c2cc(Cl)ncc2OC)s1. The highest BCUT2D eigenvalue weighted by Crippen LogP contribution is 2.34. The number of aryl methyl sites for hydroxylation is 1. The first-order valence-electron chi connectivity index (χ1n) is 10.2. The minimum absolute atomic E-state index is 0.194. The zero-order valence-corrected chi connectivity index (χ0v) is 20.7. The first-order valence-corrected chi connectivity index (χ1v) is 11.4. The second kappa shape index (κ2) is 10.9. The van der Waals surface area contributed by atoms with Crippen LogP contribution in [0.15, 0.2) is 24.5 Å². The molecule has 1 aliphatic rings. The average molecular weight is 492 g/mol. The second-order valence-electron chi connectivity index (χ2n) is 7.82. The molecule has 3 aromatic rings. The number of anilines is 1. The molecule has 0 aliphatic carbocycles. The van der Waals surface area contributed by atoms with Crippen molar-refractivity contribution in [2.45, 2.75) is 39.2 Å². The third-order valence-electron chi connectivity index (χ3n) is 4.85. The number of methoxy groups -OCH3 is 2. The third kappa shape index (κ3) is 6.59. The van der Waals surface area contributed by atoms with Gasteiger partial charge in [0.1, 0.15) is 10.9 Å². The molecule has 1 fully saturated rings. The van der Waals surface area contributed by atoms with E-state index in [9.17, 15) is 4.79 Å². The number of carbonyl (C=O) groups excluding carboxylic acids is 1. The van der Waals surface area contributed by atoms with E-state index in [-0.39, 0.29) is 16.7 Å². The van der Waals surface area contributed by atoms with Gasteiger partial charge in [-0.3, -0.25) is 15.1 Å². The average Bonchev–Trinajstić information content (AvgIpc) is 3.41. The predicted molar refractivity (Wildman–Crippen MR) is 127 cm³/mol. The summed E-state index contributed by atoms with van der Waals surface area (Å²) < 4.78 is 15.7. The molecule has 0 unspecified atom stereocenters. The number of pyridine rings is 2. The van der Waals surface area contributed by atoms with E-state index in [4.69, 9.17) is 25.8 Å². The van der Waals surface area contributed by atoms with Crippen LogP contribution in [0, 0.1) is 6.92 Å². The smallest absolute Gasteiger partial charge is 0.295 e. The number of hydrogen-bond donors (Lipinski definition) is 1. The number of rotatable bonds is 5. The molecule has 33 heavy (non-hydrogen) atoms. The minimum atomic E-state index is -0.388. The van der Waals surface area contributed by atoms with Gasteiger partial charge in [0.15, 0.2) is 0 Å². The van der Waals surface area contributed by atoms with Crippen LogP contribution in [0.1, 0.15) is 42.7 Å². The van der Waals surface area contributed by atoms with Crippen molar-refractivity contribution in [2.24, 2.45) is 0 Å². The topological polar surface area (TPSA) is 108 Å². The summed E-state index contributed by atoms with van der Waals surface area (Å²) in [7, 11) is 3.00. The van der Waals surface area contributed by atoms with E-state index in [1.807, 2.05) is 6.92 Å². The Balaban J connectivity index is 0.000000374. The molecule has 1 amide bonds. The molecule has 0 spiro atoms. The van der Waals surface area contributed by atoms with Gasteiger partial charge in [-0.15, -0.1) is 5.10 Å². The summed E-state index contributed by atoms with van der Waals surface area (Å²) >= 11 is 7.15. The van der Waals surface area contributed by atoms with Crippen LogP contribution < -0.4 is 14.8 Å². The molecule has 4 heterocycles. The summed E-state index contributed by atoms with van der Waals surface area (Å²) in [6, 6.07) is 3.42. The van der Waals surface area contributed by atoms with Crippen LogP contribution in [0.25, 0.3) is 11.1 Å². The molecule has 4 rings (SSSR count). The number of ether oxygens (including phenoxy) is 3. The maximum Gasteiger partial charge on any atom is 0.295 e. The van der Waals surface area contributed by atoms with Crippen LogP contribution in [-0.4, -0.2) is 52.5 Å². The largest absolute Gasteiger partial charge is 0.494 e. The Bertz CT molecular complexity index is 1110. The number of hydrogen-bond acceptors (Lipinski definition) is 9. The van der Waals surface area contributed by atoms with Gasteiger partial charge in [-0.1, -0.05) is 16.7 Å². The second-order valence-corrected chi connectivity index (χ2v) is 9.15. The molecule has 0 saturated carbocycles. The third-order valence-corrected chi connectivity index (χ3v) is 5.85. The number of carbonyl (C=O) groups is 1. The van der Waals surface area contributed by atoms with Crippen molar-refractivity contribution in [2.75, 3.05) is 26.1 Å². The Morgan fingerprint density at radius 2 is 1.94 bits per heavy atom. The monoisotopic (exact) mass is 491 g/mol. The van der Waals surface area contributed by atoms with E-state index < -0.39 is 0 Å². The van der Waals surface area contributed by atoms with E-state index in [1.165, 1.54) is 39.5 Å². The van der Waals surface area contributed by atoms with Crippen LogP contribution in [0.5, 0.6) is 10.9 Å². The van der Waals surface area contributed by atoms with Crippen molar-refractivity contribution in [3.05, 3.63) is 40.9 Å². The van der Waals surface area contributed by atoms with E-state index >= 15 is 0 Å². The molecule has 0 atom stereocenters. The van der Waals surface area contributed by atoms with Crippen molar-refractivity contribution in [1.82, 2.24) is 20.2 Å². The van der Waals surface area contributed by atoms with E-state index in [0.717, 1.165) is 23.6 Å². The fraction of sp³-hybridized carbons (Fsp3) is 0.409. The van der Waals surface area contributed by atoms with Crippen molar-refractivity contribution >= 4 is 34.0 Å². The number of amides is 1. The van der Waals surface area contributed by atoms with Gasteiger partial charge in [-0.05, 0) is 57.1 Å². The molecule has 1 saturated heterocycles. The maximum absolute atomic E-state index is 12.8. The molecule has 1 N–H and O–H groups in total. The first kappa shape index (κ1) is 24.8. The van der Waals surface area contributed by atoms with Crippen LogP contribution in [-0.2, 0) is 4.74 Å². The lowest BCUT2D eigenvalue weighted by Gasteiger charge is -2.14.